The monoisotopic (exact) mass is 476 g/mol. The lowest BCUT2D eigenvalue weighted by Gasteiger charge is -2.11. The molecule has 2 aromatic carbocycles. The van der Waals surface area contributed by atoms with Gasteiger partial charge in [-0.15, -0.1) is 11.3 Å². The molecule has 0 atom stereocenters. The predicted molar refractivity (Wildman–Crippen MR) is 117 cm³/mol. The molecular weight excluding hydrogens is 467 g/mol. The van der Waals surface area contributed by atoms with Gasteiger partial charge in [0, 0.05) is 5.39 Å². The van der Waals surface area contributed by atoms with Gasteiger partial charge >= 0.3 is 0 Å². The number of fused-ring (bicyclic) bond motifs is 1. The Kier molecular flexibility index (Phi) is 5.19. The van der Waals surface area contributed by atoms with Gasteiger partial charge in [-0.25, -0.2) is 4.98 Å². The lowest BCUT2D eigenvalue weighted by molar-refractivity contribution is 0.102. The van der Waals surface area contributed by atoms with E-state index >= 15 is 0 Å². The Morgan fingerprint density at radius 1 is 1.04 bits per heavy atom. The minimum Gasteiger partial charge on any atom is -0.321 e. The minimum atomic E-state index is -0.269. The molecule has 0 aliphatic rings. The first kappa shape index (κ1) is 18.4. The van der Waals surface area contributed by atoms with Crippen LogP contribution in [-0.4, -0.2) is 10.9 Å². The van der Waals surface area contributed by atoms with E-state index in [4.69, 9.17) is 28.2 Å². The van der Waals surface area contributed by atoms with Crippen LogP contribution in [0.5, 0.6) is 0 Å². The molecule has 134 valence electrons. The number of amides is 1. The maximum Gasteiger partial charge on any atom is 0.256 e. The number of pyridine rings is 1. The topological polar surface area (TPSA) is 42.0 Å². The summed E-state index contributed by atoms with van der Waals surface area (Å²) in [7, 11) is 0. The van der Waals surface area contributed by atoms with Gasteiger partial charge in [0.25, 0.3) is 5.91 Å². The predicted octanol–water partition coefficient (Wildman–Crippen LogP) is 7.28. The molecule has 4 aromatic rings. The van der Waals surface area contributed by atoms with Crippen molar-refractivity contribution in [2.45, 2.75) is 0 Å². The summed E-state index contributed by atoms with van der Waals surface area (Å²) in [4.78, 5) is 18.7. The third kappa shape index (κ3) is 3.73. The van der Waals surface area contributed by atoms with Crippen molar-refractivity contribution in [2.24, 2.45) is 0 Å². The standard InChI is InChI=1S/C20H11BrCl2N2OS/c21-18-9-8-17(27-18)16-10-12(11-4-1-2-6-14(11)24-16)20(26)25-15-7-3-5-13(22)19(15)23/h1-10H,(H,25,26). The summed E-state index contributed by atoms with van der Waals surface area (Å²) in [5.41, 5.74) is 2.49. The van der Waals surface area contributed by atoms with E-state index in [1.165, 1.54) is 0 Å². The molecule has 1 amide bonds. The summed E-state index contributed by atoms with van der Waals surface area (Å²) in [6, 6.07) is 18.4. The van der Waals surface area contributed by atoms with Crippen LogP contribution < -0.4 is 5.32 Å². The number of hydrogen-bond donors (Lipinski definition) is 1. The van der Waals surface area contributed by atoms with Gasteiger partial charge in [-0.1, -0.05) is 47.5 Å². The number of nitrogens with one attached hydrogen (secondary N) is 1. The first-order chi connectivity index (χ1) is 13.0. The first-order valence-electron chi connectivity index (χ1n) is 7.94. The maximum absolute atomic E-state index is 13.0. The van der Waals surface area contributed by atoms with Crippen LogP contribution in [0.4, 0.5) is 5.69 Å². The molecule has 2 heterocycles. The zero-order valence-electron chi connectivity index (χ0n) is 13.7. The fourth-order valence-electron chi connectivity index (χ4n) is 2.73. The maximum atomic E-state index is 13.0. The number of thiophene rings is 1. The van der Waals surface area contributed by atoms with E-state index in [0.717, 1.165) is 25.3 Å². The number of para-hydroxylation sites is 1. The van der Waals surface area contributed by atoms with Gasteiger partial charge in [0.1, 0.15) is 0 Å². The van der Waals surface area contributed by atoms with E-state index in [2.05, 4.69) is 21.2 Å². The molecule has 4 rings (SSSR count). The molecule has 7 heteroatoms. The lowest BCUT2D eigenvalue weighted by atomic mass is 10.1. The highest BCUT2D eigenvalue weighted by molar-refractivity contribution is 9.11. The van der Waals surface area contributed by atoms with E-state index in [1.807, 2.05) is 36.4 Å². The van der Waals surface area contributed by atoms with Crippen LogP contribution in [0.15, 0.2) is 64.5 Å². The molecule has 27 heavy (non-hydrogen) atoms. The van der Waals surface area contributed by atoms with Crippen molar-refractivity contribution in [3.05, 3.63) is 80.1 Å². The normalized spacial score (nSPS) is 10.9. The van der Waals surface area contributed by atoms with E-state index < -0.39 is 0 Å². The second kappa shape index (κ2) is 7.60. The summed E-state index contributed by atoms with van der Waals surface area (Å²) in [5, 5.41) is 4.33. The van der Waals surface area contributed by atoms with E-state index in [0.29, 0.717) is 21.3 Å². The van der Waals surface area contributed by atoms with Crippen LogP contribution in [0.2, 0.25) is 10.0 Å². The summed E-state index contributed by atoms with van der Waals surface area (Å²) in [6.07, 6.45) is 0. The molecule has 2 aromatic heterocycles. The summed E-state index contributed by atoms with van der Waals surface area (Å²) >= 11 is 17.3. The Morgan fingerprint density at radius 2 is 1.85 bits per heavy atom. The van der Waals surface area contributed by atoms with Crippen LogP contribution >= 0.6 is 50.5 Å². The molecule has 0 fully saturated rings. The van der Waals surface area contributed by atoms with Crippen LogP contribution in [0, 0.1) is 0 Å². The SMILES string of the molecule is O=C(Nc1cccc(Cl)c1Cl)c1cc(-c2ccc(Br)s2)nc2ccccc12. The van der Waals surface area contributed by atoms with Crippen molar-refractivity contribution in [1.82, 2.24) is 4.98 Å². The number of carbonyl (C=O) groups excluding carboxylic acids is 1. The molecule has 0 aliphatic carbocycles. The molecule has 0 radical (unpaired) electrons. The molecule has 0 bridgehead atoms. The van der Waals surface area contributed by atoms with Gasteiger partial charge in [-0.3, -0.25) is 4.79 Å². The first-order valence-corrected chi connectivity index (χ1v) is 10.3. The third-order valence-corrected chi connectivity index (χ3v) is 6.45. The van der Waals surface area contributed by atoms with Crippen LogP contribution in [0.1, 0.15) is 10.4 Å². The average Bonchev–Trinajstić information content (AvgIpc) is 3.11. The van der Waals surface area contributed by atoms with Crippen molar-refractivity contribution >= 4 is 73.0 Å². The van der Waals surface area contributed by atoms with Crippen molar-refractivity contribution < 1.29 is 4.79 Å². The number of anilines is 1. The van der Waals surface area contributed by atoms with Crippen LogP contribution in [0.25, 0.3) is 21.5 Å². The second-order valence-electron chi connectivity index (χ2n) is 5.73. The van der Waals surface area contributed by atoms with Gasteiger partial charge in [-0.05, 0) is 52.3 Å². The number of benzene rings is 2. The van der Waals surface area contributed by atoms with Crippen molar-refractivity contribution in [1.29, 1.82) is 0 Å². The van der Waals surface area contributed by atoms with Crippen LogP contribution in [0.3, 0.4) is 0 Å². The zero-order chi connectivity index (χ0) is 19.0. The molecule has 0 saturated heterocycles. The molecule has 0 aliphatic heterocycles. The van der Waals surface area contributed by atoms with E-state index in [-0.39, 0.29) is 5.91 Å². The van der Waals surface area contributed by atoms with Gasteiger partial charge in [0.05, 0.1) is 41.2 Å². The quantitative estimate of drug-likeness (QED) is 0.336. The van der Waals surface area contributed by atoms with Gasteiger partial charge < -0.3 is 5.32 Å². The third-order valence-electron chi connectivity index (χ3n) is 3.99. The highest BCUT2D eigenvalue weighted by atomic mass is 79.9. The lowest BCUT2D eigenvalue weighted by Crippen LogP contribution is -2.13. The Bertz CT molecular complexity index is 1180. The number of carbonyl (C=O) groups is 1. The van der Waals surface area contributed by atoms with Gasteiger partial charge in [-0.2, -0.15) is 0 Å². The Balaban J connectivity index is 1.82. The van der Waals surface area contributed by atoms with Gasteiger partial charge in [0.15, 0.2) is 0 Å². The molecule has 0 spiro atoms. The van der Waals surface area contributed by atoms with E-state index in [1.54, 1.807) is 35.6 Å². The summed E-state index contributed by atoms with van der Waals surface area (Å²) < 4.78 is 1.00. The number of nitrogens with zero attached hydrogens (tertiary/aromatic N) is 1. The molecule has 3 nitrogen and oxygen atoms in total. The smallest absolute Gasteiger partial charge is 0.256 e. The van der Waals surface area contributed by atoms with E-state index in [9.17, 15) is 4.79 Å². The largest absolute Gasteiger partial charge is 0.321 e. The Morgan fingerprint density at radius 3 is 2.63 bits per heavy atom. The fourth-order valence-corrected chi connectivity index (χ4v) is 4.43. The zero-order valence-corrected chi connectivity index (χ0v) is 17.6. The van der Waals surface area contributed by atoms with Crippen molar-refractivity contribution in [2.75, 3.05) is 5.32 Å². The molecule has 0 unspecified atom stereocenters. The average molecular weight is 478 g/mol. The van der Waals surface area contributed by atoms with Crippen molar-refractivity contribution in [3.63, 3.8) is 0 Å². The fraction of sp³-hybridized carbons (Fsp3) is 0. The summed E-state index contributed by atoms with van der Waals surface area (Å²) in [6.45, 7) is 0. The number of hydrogen-bond acceptors (Lipinski definition) is 3. The highest BCUT2D eigenvalue weighted by Gasteiger charge is 2.16. The molecule has 1 N–H and O–H groups in total. The molecular formula is C20H11BrCl2N2OS. The number of halogens is 3. The Hall–Kier alpha value is -1.92. The molecule has 0 saturated carbocycles. The van der Waals surface area contributed by atoms with Gasteiger partial charge in [0.2, 0.25) is 0 Å². The van der Waals surface area contributed by atoms with Crippen LogP contribution in [-0.2, 0) is 0 Å². The second-order valence-corrected chi connectivity index (χ2v) is 8.98. The number of aromatic nitrogens is 1. The van der Waals surface area contributed by atoms with Crippen molar-refractivity contribution in [3.8, 4) is 10.6 Å². The summed E-state index contributed by atoms with van der Waals surface area (Å²) in [5.74, 6) is -0.269. The minimum absolute atomic E-state index is 0.269. The number of rotatable bonds is 3. The Labute approximate surface area is 178 Å². The highest BCUT2D eigenvalue weighted by Crippen LogP contribution is 2.34.